The molecule has 2 aromatic carbocycles. The zero-order chi connectivity index (χ0) is 20.3. The number of likely N-dealkylation sites (N-methyl/N-ethyl adjacent to an activating group) is 1. The highest BCUT2D eigenvalue weighted by Gasteiger charge is 2.44. The Bertz CT molecular complexity index is 909. The van der Waals surface area contributed by atoms with Gasteiger partial charge < -0.3 is 19.7 Å². The molecule has 2 aliphatic rings. The zero-order valence-corrected chi connectivity index (χ0v) is 16.6. The van der Waals surface area contributed by atoms with Crippen LogP contribution in [0.4, 0.5) is 0 Å². The summed E-state index contributed by atoms with van der Waals surface area (Å²) in [6, 6.07) is 15.7. The maximum Gasteiger partial charge on any atom is 0.257 e. The lowest BCUT2D eigenvalue weighted by Gasteiger charge is -2.41. The quantitative estimate of drug-likeness (QED) is 0.843. The first-order valence-corrected chi connectivity index (χ1v) is 10.0. The van der Waals surface area contributed by atoms with Gasteiger partial charge >= 0.3 is 0 Å². The molecule has 6 nitrogen and oxygen atoms in total. The summed E-state index contributed by atoms with van der Waals surface area (Å²) in [4.78, 5) is 26.3. The van der Waals surface area contributed by atoms with Crippen LogP contribution in [0.15, 0.2) is 48.5 Å². The van der Waals surface area contributed by atoms with E-state index in [4.69, 9.17) is 9.47 Å². The number of nitrogens with one attached hydrogen (secondary N) is 1. The van der Waals surface area contributed by atoms with Crippen LogP contribution >= 0.6 is 0 Å². The highest BCUT2D eigenvalue weighted by molar-refractivity contribution is 5.79. The van der Waals surface area contributed by atoms with Crippen molar-refractivity contribution in [2.75, 3.05) is 33.4 Å². The molecule has 2 aromatic rings. The lowest BCUT2D eigenvalue weighted by molar-refractivity contribution is -0.151. The van der Waals surface area contributed by atoms with Crippen molar-refractivity contribution in [3.05, 3.63) is 65.2 Å². The molecular formula is C23H26N2O4. The van der Waals surface area contributed by atoms with Gasteiger partial charge in [-0.3, -0.25) is 9.59 Å². The summed E-state index contributed by atoms with van der Waals surface area (Å²) >= 11 is 0. The van der Waals surface area contributed by atoms with E-state index in [9.17, 15) is 9.59 Å². The summed E-state index contributed by atoms with van der Waals surface area (Å²) in [5.41, 5.74) is 3.05. The summed E-state index contributed by atoms with van der Waals surface area (Å²) in [5.74, 6) is 0.476. The first-order chi connectivity index (χ1) is 14.1. The number of hydrogen-bond donors (Lipinski definition) is 1. The minimum Gasteiger partial charge on any atom is -0.484 e. The third-order valence-corrected chi connectivity index (χ3v) is 5.75. The predicted molar refractivity (Wildman–Crippen MR) is 109 cm³/mol. The van der Waals surface area contributed by atoms with E-state index in [1.807, 2.05) is 29.2 Å². The Hall–Kier alpha value is -2.86. The highest BCUT2D eigenvalue weighted by atomic mass is 16.5. The molecule has 1 aliphatic carbocycles. The SMILES string of the molecule is CNC(=O)COc1cccc(CC(=O)N2CCOC3(CCc4ccccc43)C2)c1. The molecule has 6 heteroatoms. The number of aryl methyl sites for hydroxylation is 1. The van der Waals surface area contributed by atoms with E-state index in [0.29, 0.717) is 31.9 Å². The van der Waals surface area contributed by atoms with E-state index in [-0.39, 0.29) is 24.0 Å². The number of benzene rings is 2. The van der Waals surface area contributed by atoms with Crippen molar-refractivity contribution in [2.24, 2.45) is 0 Å². The minimum atomic E-state index is -0.372. The Morgan fingerprint density at radius 2 is 2.07 bits per heavy atom. The third kappa shape index (κ3) is 4.12. The molecule has 0 aromatic heterocycles. The lowest BCUT2D eigenvalue weighted by atomic mass is 9.93. The number of fused-ring (bicyclic) bond motifs is 2. The molecule has 1 aliphatic heterocycles. The van der Waals surface area contributed by atoms with Crippen LogP contribution in [0, 0.1) is 0 Å². The normalized spacial score (nSPS) is 20.4. The van der Waals surface area contributed by atoms with E-state index in [1.165, 1.54) is 11.1 Å². The van der Waals surface area contributed by atoms with Gasteiger partial charge in [-0.1, -0.05) is 36.4 Å². The maximum atomic E-state index is 13.0. The van der Waals surface area contributed by atoms with Crippen LogP contribution in [0.3, 0.4) is 0 Å². The summed E-state index contributed by atoms with van der Waals surface area (Å²) in [5, 5.41) is 2.52. The van der Waals surface area contributed by atoms with Gasteiger partial charge in [0.2, 0.25) is 5.91 Å². The fourth-order valence-corrected chi connectivity index (χ4v) is 4.22. The van der Waals surface area contributed by atoms with Gasteiger partial charge in [0.15, 0.2) is 6.61 Å². The van der Waals surface area contributed by atoms with E-state index in [0.717, 1.165) is 18.4 Å². The molecular weight excluding hydrogens is 368 g/mol. The number of hydrogen-bond acceptors (Lipinski definition) is 4. The molecule has 1 N–H and O–H groups in total. The molecule has 4 rings (SSSR count). The third-order valence-electron chi connectivity index (χ3n) is 5.75. The standard InChI is InChI=1S/C23H26N2O4/c1-24-21(26)15-28-19-7-4-5-17(13-19)14-22(27)25-11-12-29-23(16-25)10-9-18-6-2-3-8-20(18)23/h2-8,13H,9-12,14-16H2,1H3,(H,24,26). The van der Waals surface area contributed by atoms with Crippen LogP contribution in [0.5, 0.6) is 5.75 Å². The highest BCUT2D eigenvalue weighted by Crippen LogP contribution is 2.42. The number of carbonyl (C=O) groups is 2. The largest absolute Gasteiger partial charge is 0.484 e. The molecule has 1 atom stereocenters. The van der Waals surface area contributed by atoms with Crippen LogP contribution in [-0.2, 0) is 32.8 Å². The molecule has 0 bridgehead atoms. The number of amides is 2. The summed E-state index contributed by atoms with van der Waals surface area (Å²) in [6.45, 7) is 1.71. The van der Waals surface area contributed by atoms with Crippen LogP contribution in [0.25, 0.3) is 0 Å². The fraction of sp³-hybridized carbons (Fsp3) is 0.391. The Labute approximate surface area is 170 Å². The molecule has 0 saturated carbocycles. The molecule has 152 valence electrons. The summed E-state index contributed by atoms with van der Waals surface area (Å²) in [6.07, 6.45) is 2.21. The summed E-state index contributed by atoms with van der Waals surface area (Å²) < 4.78 is 11.7. The zero-order valence-electron chi connectivity index (χ0n) is 16.6. The van der Waals surface area contributed by atoms with Crippen molar-refractivity contribution in [2.45, 2.75) is 24.9 Å². The topological polar surface area (TPSA) is 67.9 Å². The minimum absolute atomic E-state index is 0.0424. The second-order valence-electron chi connectivity index (χ2n) is 7.60. The summed E-state index contributed by atoms with van der Waals surface area (Å²) in [7, 11) is 1.57. The van der Waals surface area contributed by atoms with E-state index < -0.39 is 0 Å². The van der Waals surface area contributed by atoms with Crippen molar-refractivity contribution < 1.29 is 19.1 Å². The van der Waals surface area contributed by atoms with Gasteiger partial charge in [0, 0.05) is 13.6 Å². The molecule has 1 fully saturated rings. The monoisotopic (exact) mass is 394 g/mol. The molecule has 29 heavy (non-hydrogen) atoms. The van der Waals surface area contributed by atoms with Gasteiger partial charge in [0.05, 0.1) is 19.6 Å². The van der Waals surface area contributed by atoms with Crippen molar-refractivity contribution in [3.63, 3.8) is 0 Å². The second kappa shape index (κ2) is 8.25. The van der Waals surface area contributed by atoms with Crippen LogP contribution in [-0.4, -0.2) is 50.1 Å². The average molecular weight is 394 g/mol. The fourth-order valence-electron chi connectivity index (χ4n) is 4.22. The van der Waals surface area contributed by atoms with Crippen molar-refractivity contribution in [3.8, 4) is 5.75 Å². The Morgan fingerprint density at radius 1 is 1.21 bits per heavy atom. The maximum absolute atomic E-state index is 13.0. The first-order valence-electron chi connectivity index (χ1n) is 10.0. The molecule has 0 radical (unpaired) electrons. The molecule has 1 heterocycles. The van der Waals surface area contributed by atoms with Crippen LogP contribution in [0.1, 0.15) is 23.1 Å². The number of carbonyl (C=O) groups excluding carboxylic acids is 2. The Kier molecular flexibility index (Phi) is 5.53. The van der Waals surface area contributed by atoms with Gasteiger partial charge in [0.25, 0.3) is 5.91 Å². The smallest absolute Gasteiger partial charge is 0.257 e. The number of ether oxygens (including phenoxy) is 2. The second-order valence-corrected chi connectivity index (χ2v) is 7.60. The van der Waals surface area contributed by atoms with Crippen molar-refractivity contribution in [1.82, 2.24) is 10.2 Å². The molecule has 1 unspecified atom stereocenters. The molecule has 1 saturated heterocycles. The van der Waals surface area contributed by atoms with Gasteiger partial charge in [-0.15, -0.1) is 0 Å². The average Bonchev–Trinajstić information content (AvgIpc) is 3.10. The molecule has 1 spiro atoms. The molecule has 2 amide bonds. The van der Waals surface area contributed by atoms with Gasteiger partial charge in [-0.25, -0.2) is 0 Å². The van der Waals surface area contributed by atoms with E-state index >= 15 is 0 Å². The Morgan fingerprint density at radius 3 is 2.93 bits per heavy atom. The van der Waals surface area contributed by atoms with Crippen molar-refractivity contribution >= 4 is 11.8 Å². The predicted octanol–water partition coefficient (Wildman–Crippen LogP) is 2.05. The number of nitrogens with zero attached hydrogens (tertiary/aromatic N) is 1. The van der Waals surface area contributed by atoms with Gasteiger partial charge in [-0.2, -0.15) is 0 Å². The first kappa shape index (κ1) is 19.5. The lowest BCUT2D eigenvalue weighted by Crippen LogP contribution is -2.51. The van der Waals surface area contributed by atoms with E-state index in [2.05, 4.69) is 23.5 Å². The number of morpholine rings is 1. The van der Waals surface area contributed by atoms with Gasteiger partial charge in [0.1, 0.15) is 11.4 Å². The van der Waals surface area contributed by atoms with Crippen LogP contribution < -0.4 is 10.1 Å². The van der Waals surface area contributed by atoms with E-state index in [1.54, 1.807) is 13.1 Å². The van der Waals surface area contributed by atoms with Gasteiger partial charge in [-0.05, 0) is 41.7 Å². The van der Waals surface area contributed by atoms with Crippen LogP contribution in [0.2, 0.25) is 0 Å². The Balaban J connectivity index is 1.42. The van der Waals surface area contributed by atoms with Crippen molar-refractivity contribution in [1.29, 1.82) is 0 Å². The number of rotatable bonds is 5.